The fourth-order valence-electron chi connectivity index (χ4n) is 4.64. The van der Waals surface area contributed by atoms with E-state index in [0.717, 1.165) is 35.5 Å². The Hall–Kier alpha value is -2.38. The van der Waals surface area contributed by atoms with Crippen LogP contribution in [-0.4, -0.2) is 60.6 Å². The van der Waals surface area contributed by atoms with Gasteiger partial charge in [0.2, 0.25) is 5.91 Å². The van der Waals surface area contributed by atoms with Crippen LogP contribution in [0.3, 0.4) is 0 Å². The second-order valence-electron chi connectivity index (χ2n) is 8.51. The molecule has 0 radical (unpaired) electrons. The van der Waals surface area contributed by atoms with Crippen LogP contribution in [0.1, 0.15) is 36.2 Å². The van der Waals surface area contributed by atoms with Crippen LogP contribution in [0.15, 0.2) is 42.5 Å². The van der Waals surface area contributed by atoms with E-state index in [1.54, 1.807) is 11.0 Å². The molecule has 6 nitrogen and oxygen atoms in total. The van der Waals surface area contributed by atoms with Crippen molar-refractivity contribution in [3.8, 4) is 5.69 Å². The van der Waals surface area contributed by atoms with Crippen LogP contribution in [-0.2, 0) is 19.4 Å². The summed E-state index contributed by atoms with van der Waals surface area (Å²) in [5, 5.41) is 0. The van der Waals surface area contributed by atoms with E-state index in [9.17, 15) is 13.2 Å². The number of aryl methyl sites for hydroxylation is 1. The summed E-state index contributed by atoms with van der Waals surface area (Å²) in [4.78, 5) is 14.9. The molecule has 1 amide bonds. The van der Waals surface area contributed by atoms with E-state index >= 15 is 0 Å². The molecule has 3 heterocycles. The summed E-state index contributed by atoms with van der Waals surface area (Å²) in [7, 11) is -3.08. The topological polar surface area (TPSA) is 68.6 Å². The third kappa shape index (κ3) is 4.93. The highest BCUT2D eigenvalue weighted by Crippen LogP contribution is 2.24. The first-order valence-electron chi connectivity index (χ1n) is 10.9. The van der Waals surface area contributed by atoms with E-state index in [4.69, 9.17) is 4.74 Å². The van der Waals surface area contributed by atoms with Crippen LogP contribution >= 0.6 is 0 Å². The lowest BCUT2D eigenvalue weighted by Gasteiger charge is -2.29. The number of carbonyl (C=O) groups excluding carboxylic acids is 1. The first kappa shape index (κ1) is 21.8. The molecule has 7 heteroatoms. The van der Waals surface area contributed by atoms with Gasteiger partial charge in [0, 0.05) is 42.3 Å². The lowest BCUT2D eigenvalue weighted by molar-refractivity contribution is -0.129. The number of para-hydroxylation sites is 1. The van der Waals surface area contributed by atoms with Crippen molar-refractivity contribution in [2.45, 2.75) is 45.3 Å². The average Bonchev–Trinajstić information content (AvgIpc) is 3.44. The minimum Gasteiger partial charge on any atom is -0.376 e. The van der Waals surface area contributed by atoms with E-state index in [-0.39, 0.29) is 29.6 Å². The molecule has 2 saturated heterocycles. The number of benzene rings is 1. The van der Waals surface area contributed by atoms with Crippen LogP contribution in [0, 0.1) is 13.8 Å². The number of ether oxygens (including phenoxy) is 1. The predicted octanol–water partition coefficient (Wildman–Crippen LogP) is 3.30. The van der Waals surface area contributed by atoms with Gasteiger partial charge < -0.3 is 14.2 Å². The van der Waals surface area contributed by atoms with Gasteiger partial charge in [-0.2, -0.15) is 0 Å². The van der Waals surface area contributed by atoms with Crippen molar-refractivity contribution < 1.29 is 17.9 Å². The molecule has 2 unspecified atom stereocenters. The summed E-state index contributed by atoms with van der Waals surface area (Å²) in [5.41, 5.74) is 4.21. The highest BCUT2D eigenvalue weighted by molar-refractivity contribution is 7.91. The molecule has 4 rings (SSSR count). The summed E-state index contributed by atoms with van der Waals surface area (Å²) in [5.74, 6) is 0.0404. The van der Waals surface area contributed by atoms with Gasteiger partial charge in [-0.05, 0) is 62.9 Å². The zero-order valence-corrected chi connectivity index (χ0v) is 19.0. The first-order valence-corrected chi connectivity index (χ1v) is 12.7. The normalized spacial score (nSPS) is 22.9. The number of sulfone groups is 1. The molecular weight excluding hydrogens is 412 g/mol. The van der Waals surface area contributed by atoms with Crippen LogP contribution in [0.25, 0.3) is 11.8 Å². The summed E-state index contributed by atoms with van der Waals surface area (Å²) in [6.45, 7) is 5.24. The summed E-state index contributed by atoms with van der Waals surface area (Å²) in [6.07, 6.45) is 5.80. The van der Waals surface area contributed by atoms with Gasteiger partial charge in [0.1, 0.15) is 0 Å². The molecule has 1 aromatic heterocycles. The van der Waals surface area contributed by atoms with Gasteiger partial charge in [0.05, 0.1) is 17.6 Å². The number of amides is 1. The summed E-state index contributed by atoms with van der Waals surface area (Å²) in [6, 6.07) is 11.9. The number of aromatic nitrogens is 1. The molecule has 0 aliphatic carbocycles. The van der Waals surface area contributed by atoms with E-state index in [1.165, 1.54) is 0 Å². The van der Waals surface area contributed by atoms with Crippen molar-refractivity contribution >= 4 is 21.8 Å². The lowest BCUT2D eigenvalue weighted by Crippen LogP contribution is -2.44. The second kappa shape index (κ2) is 9.01. The zero-order valence-electron chi connectivity index (χ0n) is 18.2. The van der Waals surface area contributed by atoms with Gasteiger partial charge in [-0.15, -0.1) is 0 Å². The highest BCUT2D eigenvalue weighted by Gasteiger charge is 2.35. The Morgan fingerprint density at radius 2 is 2.00 bits per heavy atom. The fraction of sp³-hybridized carbons (Fsp3) is 0.458. The van der Waals surface area contributed by atoms with Gasteiger partial charge in [-0.1, -0.05) is 18.2 Å². The molecule has 2 aliphatic rings. The second-order valence-corrected chi connectivity index (χ2v) is 10.7. The Morgan fingerprint density at radius 3 is 2.65 bits per heavy atom. The van der Waals surface area contributed by atoms with Gasteiger partial charge in [-0.25, -0.2) is 8.42 Å². The fourth-order valence-corrected chi connectivity index (χ4v) is 6.37. The highest BCUT2D eigenvalue weighted by atomic mass is 32.2. The molecule has 0 bridgehead atoms. The number of hydrogen-bond donors (Lipinski definition) is 0. The number of hydrogen-bond acceptors (Lipinski definition) is 4. The molecule has 2 fully saturated rings. The Labute approximate surface area is 184 Å². The van der Waals surface area contributed by atoms with Gasteiger partial charge in [-0.3, -0.25) is 4.79 Å². The molecular formula is C24H30N2O4S. The molecule has 166 valence electrons. The number of carbonyl (C=O) groups is 1. The third-order valence-electron chi connectivity index (χ3n) is 6.25. The maximum absolute atomic E-state index is 13.2. The van der Waals surface area contributed by atoms with Crippen molar-refractivity contribution in [1.82, 2.24) is 9.47 Å². The smallest absolute Gasteiger partial charge is 0.246 e. The van der Waals surface area contributed by atoms with E-state index in [2.05, 4.69) is 22.8 Å². The monoisotopic (exact) mass is 442 g/mol. The molecule has 0 spiro atoms. The zero-order chi connectivity index (χ0) is 22.0. The Balaban J connectivity index is 1.55. The minimum atomic E-state index is -3.08. The quantitative estimate of drug-likeness (QED) is 0.644. The SMILES string of the molecule is Cc1cc(C=CC(=O)N(CC2CCCO2)C2CCS(=O)(=O)C2)c(C)n1-c1ccccc1. The predicted molar refractivity (Wildman–Crippen MR) is 122 cm³/mol. The van der Waals surface area contributed by atoms with Crippen LogP contribution in [0.5, 0.6) is 0 Å². The van der Waals surface area contributed by atoms with E-state index in [0.29, 0.717) is 19.6 Å². The van der Waals surface area contributed by atoms with Gasteiger partial charge >= 0.3 is 0 Å². The summed E-state index contributed by atoms with van der Waals surface area (Å²) >= 11 is 0. The van der Waals surface area contributed by atoms with Gasteiger partial charge in [0.25, 0.3) is 0 Å². The largest absolute Gasteiger partial charge is 0.376 e. The molecule has 0 N–H and O–H groups in total. The molecule has 2 aliphatic heterocycles. The molecule has 0 saturated carbocycles. The molecule has 2 atom stereocenters. The Kier molecular flexibility index (Phi) is 6.34. The van der Waals surface area contributed by atoms with Crippen molar-refractivity contribution in [2.75, 3.05) is 24.7 Å². The Bertz CT molecular complexity index is 1070. The lowest BCUT2D eigenvalue weighted by atomic mass is 10.1. The van der Waals surface area contributed by atoms with E-state index < -0.39 is 9.84 Å². The van der Waals surface area contributed by atoms with Crippen LogP contribution in [0.4, 0.5) is 0 Å². The van der Waals surface area contributed by atoms with Crippen molar-refractivity contribution in [3.05, 3.63) is 59.4 Å². The van der Waals surface area contributed by atoms with Crippen molar-refractivity contribution in [2.24, 2.45) is 0 Å². The third-order valence-corrected chi connectivity index (χ3v) is 8.00. The van der Waals surface area contributed by atoms with Crippen molar-refractivity contribution in [1.29, 1.82) is 0 Å². The first-order chi connectivity index (χ1) is 14.8. The van der Waals surface area contributed by atoms with Crippen LogP contribution in [0.2, 0.25) is 0 Å². The van der Waals surface area contributed by atoms with Crippen molar-refractivity contribution in [3.63, 3.8) is 0 Å². The standard InChI is InChI=1S/C24H30N2O4S/c1-18-15-20(19(2)26(18)21-7-4-3-5-8-21)10-11-24(27)25(16-23-9-6-13-30-23)22-12-14-31(28,29)17-22/h3-5,7-8,10-11,15,22-23H,6,9,12-14,16-17H2,1-2H3. The average molecular weight is 443 g/mol. The molecule has 31 heavy (non-hydrogen) atoms. The molecule has 2 aromatic rings. The number of rotatable bonds is 6. The maximum atomic E-state index is 13.2. The number of nitrogens with zero attached hydrogens (tertiary/aromatic N) is 2. The Morgan fingerprint density at radius 1 is 1.23 bits per heavy atom. The maximum Gasteiger partial charge on any atom is 0.246 e. The van der Waals surface area contributed by atoms with Crippen LogP contribution < -0.4 is 0 Å². The van der Waals surface area contributed by atoms with E-state index in [1.807, 2.05) is 38.1 Å². The minimum absolute atomic E-state index is 0.0104. The summed E-state index contributed by atoms with van der Waals surface area (Å²) < 4.78 is 31.9. The van der Waals surface area contributed by atoms with Gasteiger partial charge in [0.15, 0.2) is 9.84 Å². The molecule has 1 aromatic carbocycles.